The average Bonchev–Trinajstić information content (AvgIpc) is 2.67. The minimum atomic E-state index is -0.960. The number of methoxy groups -OCH3 is 1. The zero-order valence-electron chi connectivity index (χ0n) is 14.7. The van der Waals surface area contributed by atoms with Crippen LogP contribution in [-0.2, 0) is 4.79 Å². The predicted molar refractivity (Wildman–Crippen MR) is 94.6 cm³/mol. The maximum absolute atomic E-state index is 14.6. The molecule has 0 aliphatic carbocycles. The molecule has 7 heteroatoms. The van der Waals surface area contributed by atoms with Crippen LogP contribution in [0.5, 0.6) is 5.75 Å². The summed E-state index contributed by atoms with van der Waals surface area (Å²) >= 11 is 0. The molecular formula is C20H19F2NO4. The summed E-state index contributed by atoms with van der Waals surface area (Å²) in [5.74, 6) is -3.14. The number of benzene rings is 2. The van der Waals surface area contributed by atoms with Gasteiger partial charge in [-0.05, 0) is 42.7 Å². The molecule has 3 rings (SSSR count). The monoisotopic (exact) mass is 375 g/mol. The number of hydrogen-bond donors (Lipinski definition) is 1. The molecular weight excluding hydrogens is 356 g/mol. The summed E-state index contributed by atoms with van der Waals surface area (Å²) in [4.78, 5) is 25.1. The van der Waals surface area contributed by atoms with Crippen LogP contribution in [-0.4, -0.2) is 42.1 Å². The van der Waals surface area contributed by atoms with E-state index in [1.54, 1.807) is 6.07 Å². The van der Waals surface area contributed by atoms with E-state index >= 15 is 0 Å². The molecule has 1 N–H and O–H groups in total. The summed E-state index contributed by atoms with van der Waals surface area (Å²) in [6, 6.07) is 8.13. The predicted octanol–water partition coefficient (Wildman–Crippen LogP) is 3.58. The number of carbonyl (C=O) groups excluding carboxylic acids is 1. The molecule has 142 valence electrons. The maximum atomic E-state index is 14.6. The summed E-state index contributed by atoms with van der Waals surface area (Å²) in [6.07, 6.45) is 1.05. The van der Waals surface area contributed by atoms with Crippen molar-refractivity contribution in [2.45, 2.75) is 12.8 Å². The fraction of sp³-hybridized carbons (Fsp3) is 0.300. The molecule has 1 heterocycles. The van der Waals surface area contributed by atoms with Crippen molar-refractivity contribution in [3.8, 4) is 16.9 Å². The lowest BCUT2D eigenvalue weighted by atomic mass is 9.97. The van der Waals surface area contributed by atoms with E-state index in [1.807, 2.05) is 0 Å². The van der Waals surface area contributed by atoms with Gasteiger partial charge >= 0.3 is 5.97 Å². The molecule has 1 fully saturated rings. The van der Waals surface area contributed by atoms with Crippen molar-refractivity contribution in [1.29, 1.82) is 0 Å². The Morgan fingerprint density at radius 1 is 1.15 bits per heavy atom. The van der Waals surface area contributed by atoms with Crippen molar-refractivity contribution in [2.75, 3.05) is 20.2 Å². The number of hydrogen-bond acceptors (Lipinski definition) is 3. The van der Waals surface area contributed by atoms with E-state index in [4.69, 9.17) is 9.84 Å². The highest BCUT2D eigenvalue weighted by molar-refractivity contribution is 5.95. The zero-order valence-corrected chi connectivity index (χ0v) is 14.7. The number of carboxylic acid groups (broad SMARTS) is 1. The summed E-state index contributed by atoms with van der Waals surface area (Å²) < 4.78 is 33.7. The fourth-order valence-electron chi connectivity index (χ4n) is 3.25. The molecule has 1 aliphatic heterocycles. The zero-order chi connectivity index (χ0) is 19.6. The number of amides is 1. The van der Waals surface area contributed by atoms with Gasteiger partial charge in [-0.1, -0.05) is 6.07 Å². The van der Waals surface area contributed by atoms with Crippen LogP contribution in [0, 0.1) is 17.6 Å². The number of rotatable bonds is 4. The molecule has 0 radical (unpaired) electrons. The summed E-state index contributed by atoms with van der Waals surface area (Å²) in [6.45, 7) is 0.444. The van der Waals surface area contributed by atoms with Crippen molar-refractivity contribution < 1.29 is 28.2 Å². The topological polar surface area (TPSA) is 66.8 Å². The van der Waals surface area contributed by atoms with Crippen molar-refractivity contribution >= 4 is 11.9 Å². The molecule has 1 atom stereocenters. The maximum Gasteiger partial charge on any atom is 0.308 e. The van der Waals surface area contributed by atoms with Gasteiger partial charge in [0.15, 0.2) is 0 Å². The number of halogens is 2. The van der Waals surface area contributed by atoms with E-state index in [0.29, 0.717) is 30.7 Å². The fourth-order valence-corrected chi connectivity index (χ4v) is 3.25. The van der Waals surface area contributed by atoms with Crippen LogP contribution < -0.4 is 4.74 Å². The third-order valence-electron chi connectivity index (χ3n) is 4.74. The molecule has 1 aliphatic rings. The van der Waals surface area contributed by atoms with Crippen LogP contribution >= 0.6 is 0 Å². The number of aliphatic carboxylic acids is 1. The molecule has 0 aromatic heterocycles. The summed E-state index contributed by atoms with van der Waals surface area (Å²) in [7, 11) is 1.42. The molecule has 0 spiro atoms. The van der Waals surface area contributed by atoms with Gasteiger partial charge in [0.2, 0.25) is 0 Å². The van der Waals surface area contributed by atoms with Gasteiger partial charge in [-0.3, -0.25) is 9.59 Å². The van der Waals surface area contributed by atoms with E-state index in [2.05, 4.69) is 0 Å². The van der Waals surface area contributed by atoms with E-state index in [9.17, 15) is 18.4 Å². The largest absolute Gasteiger partial charge is 0.497 e. The number of ether oxygens (including phenoxy) is 1. The van der Waals surface area contributed by atoms with Crippen molar-refractivity contribution in [2.24, 2.45) is 5.92 Å². The molecule has 27 heavy (non-hydrogen) atoms. The van der Waals surface area contributed by atoms with Crippen molar-refractivity contribution in [3.63, 3.8) is 0 Å². The molecule has 0 saturated carbocycles. The normalized spacial score (nSPS) is 16.9. The number of likely N-dealkylation sites (tertiary alicyclic amines) is 1. The third kappa shape index (κ3) is 3.92. The van der Waals surface area contributed by atoms with Crippen molar-refractivity contribution in [3.05, 3.63) is 53.6 Å². The highest BCUT2D eigenvalue weighted by atomic mass is 19.1. The second-order valence-electron chi connectivity index (χ2n) is 6.47. The van der Waals surface area contributed by atoms with Crippen LogP contribution in [0.1, 0.15) is 23.2 Å². The molecule has 1 saturated heterocycles. The second kappa shape index (κ2) is 7.73. The van der Waals surface area contributed by atoms with E-state index in [-0.39, 0.29) is 17.7 Å². The Morgan fingerprint density at radius 2 is 1.93 bits per heavy atom. The number of nitrogens with zero attached hydrogens (tertiary/aromatic N) is 1. The van der Waals surface area contributed by atoms with E-state index < -0.39 is 29.4 Å². The molecule has 2 aromatic carbocycles. The molecule has 2 aromatic rings. The van der Waals surface area contributed by atoms with Gasteiger partial charge in [0, 0.05) is 24.7 Å². The van der Waals surface area contributed by atoms with Gasteiger partial charge < -0.3 is 14.7 Å². The lowest BCUT2D eigenvalue weighted by Gasteiger charge is -2.30. The van der Waals surface area contributed by atoms with Crippen LogP contribution in [0.15, 0.2) is 36.4 Å². The van der Waals surface area contributed by atoms with Gasteiger partial charge in [-0.15, -0.1) is 0 Å². The van der Waals surface area contributed by atoms with Gasteiger partial charge in [0.1, 0.15) is 17.4 Å². The average molecular weight is 375 g/mol. The quantitative estimate of drug-likeness (QED) is 0.887. The minimum absolute atomic E-state index is 0.0580. The first kappa shape index (κ1) is 18.8. The first-order chi connectivity index (χ1) is 12.9. The highest BCUT2D eigenvalue weighted by Crippen LogP contribution is 2.28. The number of carbonyl (C=O) groups is 2. The molecule has 5 nitrogen and oxygen atoms in total. The van der Waals surface area contributed by atoms with Gasteiger partial charge in [0.05, 0.1) is 18.6 Å². The molecule has 0 unspecified atom stereocenters. The lowest BCUT2D eigenvalue weighted by Crippen LogP contribution is -2.42. The smallest absolute Gasteiger partial charge is 0.308 e. The number of carboxylic acids is 1. The third-order valence-corrected chi connectivity index (χ3v) is 4.74. The Hall–Kier alpha value is -2.96. The van der Waals surface area contributed by atoms with Crippen LogP contribution in [0.25, 0.3) is 11.1 Å². The van der Waals surface area contributed by atoms with Crippen LogP contribution in [0.4, 0.5) is 8.78 Å². The van der Waals surface area contributed by atoms with Crippen LogP contribution in [0.2, 0.25) is 0 Å². The molecule has 1 amide bonds. The minimum Gasteiger partial charge on any atom is -0.497 e. The van der Waals surface area contributed by atoms with Gasteiger partial charge in [-0.2, -0.15) is 0 Å². The number of piperidine rings is 1. The standard InChI is InChI=1S/C20H19F2NO4/c1-27-14-5-7-15(18(22)10-14)12-4-6-16(17(21)9-12)19(24)23-8-2-3-13(11-23)20(25)26/h4-7,9-10,13H,2-3,8,11H2,1H3,(H,25,26)/t13-/m1/s1. The lowest BCUT2D eigenvalue weighted by molar-refractivity contribution is -0.143. The van der Waals surface area contributed by atoms with Crippen LogP contribution in [0.3, 0.4) is 0 Å². The Balaban J connectivity index is 1.84. The Kier molecular flexibility index (Phi) is 5.39. The summed E-state index contributed by atoms with van der Waals surface area (Å²) in [5, 5.41) is 9.13. The van der Waals surface area contributed by atoms with Gasteiger partial charge in [0.25, 0.3) is 5.91 Å². The van der Waals surface area contributed by atoms with E-state index in [1.165, 1.54) is 36.3 Å². The Morgan fingerprint density at radius 3 is 2.56 bits per heavy atom. The van der Waals surface area contributed by atoms with Gasteiger partial charge in [-0.25, -0.2) is 8.78 Å². The SMILES string of the molecule is COc1ccc(-c2ccc(C(=O)N3CCC[C@@H](C(=O)O)C3)c(F)c2)c(F)c1. The highest BCUT2D eigenvalue weighted by Gasteiger charge is 2.29. The first-order valence-corrected chi connectivity index (χ1v) is 8.56. The van der Waals surface area contributed by atoms with E-state index in [0.717, 1.165) is 6.07 Å². The van der Waals surface area contributed by atoms with Crippen molar-refractivity contribution in [1.82, 2.24) is 4.90 Å². The Labute approximate surface area is 155 Å². The molecule has 0 bridgehead atoms. The summed E-state index contributed by atoms with van der Waals surface area (Å²) in [5.41, 5.74) is 0.336. The first-order valence-electron chi connectivity index (χ1n) is 8.56. The second-order valence-corrected chi connectivity index (χ2v) is 6.47. The Bertz CT molecular complexity index is 884.